The molecule has 8 nitrogen and oxygen atoms in total. The SMILES string of the molecule is NS(=O)(=O)OC[C@@H]1C[C@@H](n2ccc3c(N[C@H]4CCc5ccccc54)ccnc32)C[C@@H]1O. The molecule has 0 amide bonds. The van der Waals surface area contributed by atoms with Gasteiger partial charge >= 0.3 is 10.3 Å². The van der Waals surface area contributed by atoms with Crippen molar-refractivity contribution in [3.8, 4) is 0 Å². The number of aliphatic hydroxyl groups excluding tert-OH is 1. The third-order valence-corrected chi connectivity index (χ3v) is 7.02. The quantitative estimate of drug-likeness (QED) is 0.540. The first kappa shape index (κ1) is 20.4. The third-order valence-electron chi connectivity index (χ3n) is 6.55. The zero-order valence-electron chi connectivity index (χ0n) is 17.0. The second kappa shape index (κ2) is 7.90. The van der Waals surface area contributed by atoms with Crippen LogP contribution in [0.5, 0.6) is 0 Å². The van der Waals surface area contributed by atoms with Gasteiger partial charge in [-0.25, -0.2) is 10.1 Å². The summed E-state index contributed by atoms with van der Waals surface area (Å²) in [7, 11) is -4.02. The Labute approximate surface area is 181 Å². The molecule has 0 unspecified atom stereocenters. The van der Waals surface area contributed by atoms with E-state index in [4.69, 9.17) is 9.32 Å². The summed E-state index contributed by atoms with van der Waals surface area (Å²) in [6.07, 6.45) is 6.38. The minimum Gasteiger partial charge on any atom is -0.393 e. The lowest BCUT2D eigenvalue weighted by atomic mass is 10.1. The lowest BCUT2D eigenvalue weighted by Crippen LogP contribution is -2.24. The summed E-state index contributed by atoms with van der Waals surface area (Å²) in [6.45, 7) is -0.114. The van der Waals surface area contributed by atoms with Crippen molar-refractivity contribution in [3.05, 3.63) is 59.9 Å². The van der Waals surface area contributed by atoms with Gasteiger partial charge in [0.15, 0.2) is 0 Å². The Bertz CT molecular complexity index is 1210. The van der Waals surface area contributed by atoms with Crippen LogP contribution in [0.1, 0.15) is 42.5 Å². The van der Waals surface area contributed by atoms with Crippen LogP contribution in [0.15, 0.2) is 48.8 Å². The van der Waals surface area contributed by atoms with Crippen LogP contribution in [0.3, 0.4) is 0 Å². The summed E-state index contributed by atoms with van der Waals surface area (Å²) in [5.41, 5.74) is 4.64. The van der Waals surface area contributed by atoms with E-state index in [1.165, 1.54) is 11.1 Å². The molecule has 0 bridgehead atoms. The van der Waals surface area contributed by atoms with Gasteiger partial charge in [-0.05, 0) is 48.9 Å². The monoisotopic (exact) mass is 442 g/mol. The maximum atomic E-state index is 11.1. The van der Waals surface area contributed by atoms with E-state index in [-0.39, 0.29) is 24.6 Å². The normalized spacial score (nSPS) is 25.7. The fourth-order valence-corrected chi connectivity index (χ4v) is 5.40. The van der Waals surface area contributed by atoms with E-state index in [2.05, 4.69) is 39.1 Å². The molecule has 2 aliphatic carbocycles. The number of fused-ring (bicyclic) bond motifs is 2. The summed E-state index contributed by atoms with van der Waals surface area (Å²) in [5, 5.41) is 20.1. The number of nitrogens with two attached hydrogens (primary N) is 1. The van der Waals surface area contributed by atoms with Gasteiger partial charge in [-0.2, -0.15) is 8.42 Å². The number of aromatic nitrogens is 2. The molecule has 2 aromatic heterocycles. The molecule has 0 radical (unpaired) electrons. The summed E-state index contributed by atoms with van der Waals surface area (Å²) in [4.78, 5) is 4.59. The van der Waals surface area contributed by atoms with E-state index in [1.807, 2.05) is 18.3 Å². The van der Waals surface area contributed by atoms with Crippen molar-refractivity contribution in [2.45, 2.75) is 43.9 Å². The maximum Gasteiger partial charge on any atom is 0.333 e. The molecule has 3 aromatic rings. The standard InChI is InChI=1S/C22H26N4O4S/c23-31(28,29)30-13-15-11-16(12-21(15)27)26-10-8-18-20(7-9-24-22(18)26)25-19-6-5-14-3-1-2-4-17(14)19/h1-4,7-10,15-16,19,21,27H,5-6,11-13H2,(H,24,25)(H2,23,28,29)/t15-,16+,19-,21-/m0/s1. The summed E-state index contributed by atoms with van der Waals surface area (Å²) >= 11 is 0. The summed E-state index contributed by atoms with van der Waals surface area (Å²) in [6, 6.07) is 12.9. The van der Waals surface area contributed by atoms with Crippen molar-refractivity contribution in [2.24, 2.45) is 11.1 Å². The molecule has 164 valence electrons. The molecule has 1 aromatic carbocycles. The number of nitrogens with zero attached hydrogens (tertiary/aromatic N) is 2. The van der Waals surface area contributed by atoms with E-state index in [9.17, 15) is 13.5 Å². The summed E-state index contributed by atoms with van der Waals surface area (Å²) in [5.74, 6) is -0.294. The van der Waals surface area contributed by atoms with Crippen LogP contribution in [0, 0.1) is 5.92 Å². The highest BCUT2D eigenvalue weighted by atomic mass is 32.2. The Morgan fingerprint density at radius 1 is 1.23 bits per heavy atom. The number of pyridine rings is 1. The minimum atomic E-state index is -4.02. The number of aliphatic hydroxyl groups is 1. The highest BCUT2D eigenvalue weighted by Gasteiger charge is 2.35. The van der Waals surface area contributed by atoms with Gasteiger partial charge in [-0.3, -0.25) is 4.18 Å². The van der Waals surface area contributed by atoms with Gasteiger partial charge in [0.05, 0.1) is 18.8 Å². The van der Waals surface area contributed by atoms with Crippen molar-refractivity contribution in [1.82, 2.24) is 9.55 Å². The number of hydrogen-bond acceptors (Lipinski definition) is 6. The molecule has 2 aliphatic rings. The smallest absolute Gasteiger partial charge is 0.333 e. The molecule has 0 spiro atoms. The first-order valence-corrected chi connectivity index (χ1v) is 12.0. The number of benzene rings is 1. The fourth-order valence-electron chi connectivity index (χ4n) is 5.04. The molecule has 31 heavy (non-hydrogen) atoms. The molecule has 0 aliphatic heterocycles. The third kappa shape index (κ3) is 4.06. The van der Waals surface area contributed by atoms with Crippen LogP contribution >= 0.6 is 0 Å². The van der Waals surface area contributed by atoms with E-state index >= 15 is 0 Å². The molecule has 2 heterocycles. The van der Waals surface area contributed by atoms with Crippen LogP contribution in [-0.2, 0) is 20.9 Å². The molecule has 9 heteroatoms. The van der Waals surface area contributed by atoms with Gasteiger partial charge in [0, 0.05) is 35.4 Å². The first-order valence-electron chi connectivity index (χ1n) is 10.5. The topological polar surface area (TPSA) is 119 Å². The Hall–Kier alpha value is -2.46. The fraction of sp³-hybridized carbons (Fsp3) is 0.409. The van der Waals surface area contributed by atoms with Crippen LogP contribution in [-0.4, -0.2) is 35.8 Å². The number of anilines is 1. The average Bonchev–Trinajstić information content (AvgIpc) is 3.43. The number of hydrogen-bond donors (Lipinski definition) is 3. The van der Waals surface area contributed by atoms with E-state index in [1.54, 1.807) is 6.20 Å². The number of rotatable bonds is 6. The molecule has 1 fully saturated rings. The van der Waals surface area contributed by atoms with Crippen LogP contribution < -0.4 is 10.5 Å². The Kier molecular flexibility index (Phi) is 5.21. The minimum absolute atomic E-state index is 0.0107. The molecule has 5 rings (SSSR count). The van der Waals surface area contributed by atoms with Crippen LogP contribution in [0.25, 0.3) is 11.0 Å². The van der Waals surface area contributed by atoms with Gasteiger partial charge in [0.1, 0.15) is 5.65 Å². The second-order valence-corrected chi connectivity index (χ2v) is 9.70. The van der Waals surface area contributed by atoms with Crippen molar-refractivity contribution >= 4 is 27.0 Å². The van der Waals surface area contributed by atoms with E-state index in [0.29, 0.717) is 12.8 Å². The average molecular weight is 443 g/mol. The number of nitrogens with one attached hydrogen (secondary N) is 1. The maximum absolute atomic E-state index is 11.1. The Morgan fingerprint density at radius 3 is 2.90 bits per heavy atom. The van der Waals surface area contributed by atoms with Crippen molar-refractivity contribution in [3.63, 3.8) is 0 Å². The zero-order valence-corrected chi connectivity index (χ0v) is 17.8. The highest BCUT2D eigenvalue weighted by molar-refractivity contribution is 7.84. The van der Waals surface area contributed by atoms with E-state index in [0.717, 1.165) is 29.6 Å². The zero-order chi connectivity index (χ0) is 21.6. The van der Waals surface area contributed by atoms with Crippen LogP contribution in [0.2, 0.25) is 0 Å². The van der Waals surface area contributed by atoms with Gasteiger partial charge < -0.3 is 15.0 Å². The lowest BCUT2D eigenvalue weighted by molar-refractivity contribution is 0.100. The van der Waals surface area contributed by atoms with E-state index < -0.39 is 16.4 Å². The van der Waals surface area contributed by atoms with Gasteiger partial charge in [0.2, 0.25) is 0 Å². The Morgan fingerprint density at radius 2 is 2.06 bits per heavy atom. The van der Waals surface area contributed by atoms with Crippen molar-refractivity contribution in [2.75, 3.05) is 11.9 Å². The highest BCUT2D eigenvalue weighted by Crippen LogP contribution is 2.39. The van der Waals surface area contributed by atoms with Gasteiger partial charge in [-0.15, -0.1) is 0 Å². The Balaban J connectivity index is 1.37. The molecule has 4 N–H and O–H groups in total. The van der Waals surface area contributed by atoms with Crippen LogP contribution in [0.4, 0.5) is 5.69 Å². The molecule has 1 saturated carbocycles. The van der Waals surface area contributed by atoms with Gasteiger partial charge in [0.25, 0.3) is 0 Å². The molecule has 0 saturated heterocycles. The molecular formula is C22H26N4O4S. The van der Waals surface area contributed by atoms with Gasteiger partial charge in [-0.1, -0.05) is 24.3 Å². The van der Waals surface area contributed by atoms with Crippen molar-refractivity contribution in [1.29, 1.82) is 0 Å². The largest absolute Gasteiger partial charge is 0.393 e. The predicted octanol–water partition coefficient (Wildman–Crippen LogP) is 2.67. The first-order chi connectivity index (χ1) is 14.9. The predicted molar refractivity (Wildman–Crippen MR) is 118 cm³/mol. The second-order valence-electron chi connectivity index (χ2n) is 8.48. The summed E-state index contributed by atoms with van der Waals surface area (Å²) < 4.78 is 29.0. The lowest BCUT2D eigenvalue weighted by Gasteiger charge is -2.17. The number of aryl methyl sites for hydroxylation is 1. The van der Waals surface area contributed by atoms with Crippen molar-refractivity contribution < 1.29 is 17.7 Å². The molecular weight excluding hydrogens is 416 g/mol. The molecule has 4 atom stereocenters.